The SMILES string of the molecule is Cc1cc([N+](=O)[O-])cc(S(=O)(=O)N(CCN)CCc2ccccc2)c1C.Cl. The molecular weight excluding hydrogens is 390 g/mol. The zero-order valence-corrected chi connectivity index (χ0v) is 16.9. The van der Waals surface area contributed by atoms with Crippen molar-refractivity contribution in [3.8, 4) is 0 Å². The summed E-state index contributed by atoms with van der Waals surface area (Å²) < 4.78 is 27.6. The zero-order chi connectivity index (χ0) is 19.3. The van der Waals surface area contributed by atoms with E-state index >= 15 is 0 Å². The molecule has 0 bridgehead atoms. The summed E-state index contributed by atoms with van der Waals surface area (Å²) in [7, 11) is -3.89. The molecule has 0 aliphatic rings. The summed E-state index contributed by atoms with van der Waals surface area (Å²) >= 11 is 0. The molecule has 2 aromatic rings. The van der Waals surface area contributed by atoms with Gasteiger partial charge >= 0.3 is 0 Å². The standard InChI is InChI=1S/C18H23N3O4S.ClH/c1-14-12-17(21(22)23)13-18(15(14)2)26(24,25)20(11-9-19)10-8-16-6-4-3-5-7-16;/h3-7,12-13H,8-11,19H2,1-2H3;1H. The maximum Gasteiger partial charge on any atom is 0.271 e. The van der Waals surface area contributed by atoms with E-state index in [1.54, 1.807) is 13.8 Å². The van der Waals surface area contributed by atoms with Crippen molar-refractivity contribution in [3.63, 3.8) is 0 Å². The maximum atomic E-state index is 13.1. The molecule has 148 valence electrons. The Kier molecular flexibility index (Phi) is 8.36. The number of rotatable bonds is 8. The third-order valence-electron chi connectivity index (χ3n) is 4.30. The Balaban J connectivity index is 0.00000364. The van der Waals surface area contributed by atoms with E-state index in [0.717, 1.165) is 11.6 Å². The number of aryl methyl sites for hydroxylation is 1. The number of hydrogen-bond donors (Lipinski definition) is 1. The predicted octanol–water partition coefficient (Wildman–Crippen LogP) is 2.83. The Morgan fingerprint density at radius 2 is 1.74 bits per heavy atom. The Morgan fingerprint density at radius 1 is 1.11 bits per heavy atom. The number of non-ortho nitro benzene ring substituents is 1. The molecule has 0 aliphatic heterocycles. The van der Waals surface area contributed by atoms with Crippen LogP contribution in [0.2, 0.25) is 0 Å². The summed E-state index contributed by atoms with van der Waals surface area (Å²) in [6.45, 7) is 3.89. The van der Waals surface area contributed by atoms with E-state index in [4.69, 9.17) is 5.73 Å². The van der Waals surface area contributed by atoms with Gasteiger partial charge in [0.05, 0.1) is 9.82 Å². The minimum atomic E-state index is -3.89. The van der Waals surface area contributed by atoms with Crippen LogP contribution < -0.4 is 5.73 Å². The average Bonchev–Trinajstić information content (AvgIpc) is 2.61. The molecule has 0 radical (unpaired) electrons. The van der Waals surface area contributed by atoms with Gasteiger partial charge in [0.25, 0.3) is 5.69 Å². The van der Waals surface area contributed by atoms with Gasteiger partial charge in [-0.05, 0) is 37.0 Å². The summed E-state index contributed by atoms with van der Waals surface area (Å²) in [5.41, 5.74) is 7.46. The molecule has 0 aromatic heterocycles. The molecule has 27 heavy (non-hydrogen) atoms. The Labute approximate surface area is 165 Å². The third-order valence-corrected chi connectivity index (χ3v) is 6.33. The number of nitro benzene ring substituents is 1. The molecule has 7 nitrogen and oxygen atoms in total. The lowest BCUT2D eigenvalue weighted by Crippen LogP contribution is -2.37. The van der Waals surface area contributed by atoms with Crippen LogP contribution >= 0.6 is 12.4 Å². The van der Waals surface area contributed by atoms with Crippen molar-refractivity contribution < 1.29 is 13.3 Å². The largest absolute Gasteiger partial charge is 0.329 e. The number of benzene rings is 2. The van der Waals surface area contributed by atoms with Crippen molar-refractivity contribution in [2.75, 3.05) is 19.6 Å². The van der Waals surface area contributed by atoms with Crippen LogP contribution in [0.1, 0.15) is 16.7 Å². The lowest BCUT2D eigenvalue weighted by molar-refractivity contribution is -0.385. The van der Waals surface area contributed by atoms with E-state index in [9.17, 15) is 18.5 Å². The molecule has 0 amide bonds. The second kappa shape index (κ2) is 9.80. The van der Waals surface area contributed by atoms with E-state index in [1.807, 2.05) is 30.3 Å². The zero-order valence-electron chi connectivity index (χ0n) is 15.3. The quantitative estimate of drug-likeness (QED) is 0.529. The van der Waals surface area contributed by atoms with Crippen LogP contribution in [0.25, 0.3) is 0 Å². The Hall–Kier alpha value is -2.00. The third kappa shape index (κ3) is 5.49. The molecule has 9 heteroatoms. The van der Waals surface area contributed by atoms with Crippen LogP contribution in [0.5, 0.6) is 0 Å². The molecule has 0 fully saturated rings. The van der Waals surface area contributed by atoms with Gasteiger partial charge in [-0.15, -0.1) is 12.4 Å². The highest BCUT2D eigenvalue weighted by Crippen LogP contribution is 2.27. The van der Waals surface area contributed by atoms with Crippen LogP contribution in [0.4, 0.5) is 5.69 Å². The molecule has 2 rings (SSSR count). The minimum absolute atomic E-state index is 0. The second-order valence-corrected chi connectivity index (χ2v) is 7.98. The highest BCUT2D eigenvalue weighted by Gasteiger charge is 2.28. The van der Waals surface area contributed by atoms with Crippen molar-refractivity contribution in [2.24, 2.45) is 5.73 Å². The fourth-order valence-corrected chi connectivity index (χ4v) is 4.49. The van der Waals surface area contributed by atoms with Gasteiger partial charge in [0, 0.05) is 31.8 Å². The number of halogens is 1. The van der Waals surface area contributed by atoms with Gasteiger partial charge in [-0.2, -0.15) is 4.31 Å². The van der Waals surface area contributed by atoms with E-state index in [0.29, 0.717) is 17.5 Å². The number of nitrogens with zero attached hydrogens (tertiary/aromatic N) is 2. The van der Waals surface area contributed by atoms with Crippen LogP contribution in [0.3, 0.4) is 0 Å². The fraction of sp³-hybridized carbons (Fsp3) is 0.333. The topological polar surface area (TPSA) is 107 Å². The van der Waals surface area contributed by atoms with Gasteiger partial charge in [0.1, 0.15) is 0 Å². The highest BCUT2D eigenvalue weighted by molar-refractivity contribution is 7.89. The first-order valence-corrected chi connectivity index (χ1v) is 9.71. The molecule has 0 saturated carbocycles. The van der Waals surface area contributed by atoms with Crippen molar-refractivity contribution >= 4 is 28.1 Å². The Morgan fingerprint density at radius 3 is 2.30 bits per heavy atom. The normalized spacial score (nSPS) is 11.3. The van der Waals surface area contributed by atoms with Crippen LogP contribution in [0.15, 0.2) is 47.4 Å². The van der Waals surface area contributed by atoms with Gasteiger partial charge in [-0.25, -0.2) is 8.42 Å². The molecule has 2 aromatic carbocycles. The van der Waals surface area contributed by atoms with Crippen molar-refractivity contribution in [1.82, 2.24) is 4.31 Å². The summed E-state index contributed by atoms with van der Waals surface area (Å²) in [6, 6.07) is 12.0. The monoisotopic (exact) mass is 413 g/mol. The Bertz CT molecular complexity index is 889. The summed E-state index contributed by atoms with van der Waals surface area (Å²) in [6.07, 6.45) is 0.535. The van der Waals surface area contributed by atoms with Gasteiger partial charge in [0.15, 0.2) is 0 Å². The van der Waals surface area contributed by atoms with Gasteiger partial charge < -0.3 is 5.73 Å². The number of sulfonamides is 1. The van der Waals surface area contributed by atoms with Crippen LogP contribution in [-0.2, 0) is 16.4 Å². The van der Waals surface area contributed by atoms with Crippen LogP contribution in [0, 0.1) is 24.0 Å². The van der Waals surface area contributed by atoms with Gasteiger partial charge in [-0.3, -0.25) is 10.1 Å². The second-order valence-electron chi connectivity index (χ2n) is 6.07. The maximum absolute atomic E-state index is 13.1. The predicted molar refractivity (Wildman–Crippen MR) is 108 cm³/mol. The molecule has 2 N–H and O–H groups in total. The summed E-state index contributed by atoms with van der Waals surface area (Å²) in [5.74, 6) is 0. The summed E-state index contributed by atoms with van der Waals surface area (Å²) in [5, 5.41) is 11.1. The average molecular weight is 414 g/mol. The van der Waals surface area contributed by atoms with Crippen molar-refractivity contribution in [1.29, 1.82) is 0 Å². The number of hydrogen-bond acceptors (Lipinski definition) is 5. The number of nitrogens with two attached hydrogens (primary N) is 1. The molecule has 0 atom stereocenters. The van der Waals surface area contributed by atoms with E-state index in [-0.39, 0.29) is 42.6 Å². The summed E-state index contributed by atoms with van der Waals surface area (Å²) in [4.78, 5) is 10.5. The molecule has 0 saturated heterocycles. The number of nitro groups is 1. The highest BCUT2D eigenvalue weighted by atomic mass is 35.5. The lowest BCUT2D eigenvalue weighted by Gasteiger charge is -2.23. The van der Waals surface area contributed by atoms with Crippen molar-refractivity contribution in [3.05, 3.63) is 69.3 Å². The molecule has 0 unspecified atom stereocenters. The first kappa shape index (κ1) is 23.0. The van der Waals surface area contributed by atoms with Crippen LogP contribution in [-0.4, -0.2) is 37.3 Å². The lowest BCUT2D eigenvalue weighted by atomic mass is 10.1. The van der Waals surface area contributed by atoms with E-state index in [1.165, 1.54) is 10.4 Å². The van der Waals surface area contributed by atoms with E-state index in [2.05, 4.69) is 0 Å². The molecule has 0 aliphatic carbocycles. The van der Waals surface area contributed by atoms with Gasteiger partial charge in [0.2, 0.25) is 10.0 Å². The fourth-order valence-electron chi connectivity index (χ4n) is 2.72. The molecular formula is C18H24ClN3O4S. The van der Waals surface area contributed by atoms with Gasteiger partial charge in [-0.1, -0.05) is 30.3 Å². The smallest absolute Gasteiger partial charge is 0.271 e. The first-order chi connectivity index (χ1) is 12.3. The molecule has 0 heterocycles. The first-order valence-electron chi connectivity index (χ1n) is 8.27. The van der Waals surface area contributed by atoms with Crippen molar-refractivity contribution in [2.45, 2.75) is 25.2 Å². The van der Waals surface area contributed by atoms with E-state index < -0.39 is 14.9 Å². The molecule has 0 spiro atoms. The minimum Gasteiger partial charge on any atom is -0.329 e.